The lowest BCUT2D eigenvalue weighted by Gasteiger charge is -2.13. The number of hydrogen-bond acceptors (Lipinski definition) is 5. The number of carbonyl (C=O) groups is 1. The van der Waals surface area contributed by atoms with Crippen LogP contribution in [0.1, 0.15) is 15.9 Å². The van der Waals surface area contributed by atoms with Crippen molar-refractivity contribution in [3.8, 4) is 17.1 Å². The van der Waals surface area contributed by atoms with Gasteiger partial charge in [0.05, 0.1) is 11.4 Å². The molecule has 4 rings (SSSR count). The number of carbonyl (C=O) groups excluding carboxylic acids is 1. The number of hydrogen-bond donors (Lipinski definition) is 0. The second-order valence-corrected chi connectivity index (χ2v) is 7.95. The molecule has 156 valence electrons. The van der Waals surface area contributed by atoms with Gasteiger partial charge in [-0.3, -0.25) is 14.3 Å². The zero-order valence-electron chi connectivity index (χ0n) is 16.2. The number of pyridine rings is 1. The van der Waals surface area contributed by atoms with E-state index in [1.165, 1.54) is 6.07 Å². The van der Waals surface area contributed by atoms with E-state index < -0.39 is 11.6 Å². The smallest absolute Gasteiger partial charge is 0.196 e. The minimum absolute atomic E-state index is 0.0286. The van der Waals surface area contributed by atoms with Crippen molar-refractivity contribution in [1.29, 1.82) is 0 Å². The van der Waals surface area contributed by atoms with Crippen LogP contribution in [0.5, 0.6) is 0 Å². The van der Waals surface area contributed by atoms with Crippen molar-refractivity contribution >= 4 is 29.1 Å². The maximum Gasteiger partial charge on any atom is 0.196 e. The zero-order chi connectivity index (χ0) is 22.0. The van der Waals surface area contributed by atoms with Crippen molar-refractivity contribution < 1.29 is 13.6 Å². The van der Waals surface area contributed by atoms with Crippen LogP contribution in [-0.2, 0) is 0 Å². The SMILES string of the molecule is Cc1c(Cl)cccc1-n1c(SCC(=O)c2ccc(F)c(F)c2)nnc1-c1ccncc1. The molecule has 2 heterocycles. The van der Waals surface area contributed by atoms with E-state index in [2.05, 4.69) is 15.2 Å². The molecule has 0 aliphatic rings. The van der Waals surface area contributed by atoms with E-state index in [9.17, 15) is 13.6 Å². The Labute approximate surface area is 186 Å². The second-order valence-electron chi connectivity index (χ2n) is 6.60. The Morgan fingerprint density at radius 3 is 2.58 bits per heavy atom. The van der Waals surface area contributed by atoms with Gasteiger partial charge in [-0.1, -0.05) is 29.4 Å². The first-order chi connectivity index (χ1) is 15.0. The minimum atomic E-state index is -1.06. The van der Waals surface area contributed by atoms with E-state index in [-0.39, 0.29) is 17.1 Å². The molecule has 0 fully saturated rings. The Hall–Kier alpha value is -3.10. The minimum Gasteiger partial charge on any atom is -0.293 e. The summed E-state index contributed by atoms with van der Waals surface area (Å²) >= 11 is 7.48. The number of Topliss-reactive ketones (excluding diaryl/α,β-unsaturated/α-hetero) is 1. The lowest BCUT2D eigenvalue weighted by atomic mass is 10.1. The Bertz CT molecular complexity index is 1260. The van der Waals surface area contributed by atoms with Crippen LogP contribution in [0, 0.1) is 18.6 Å². The number of benzene rings is 2. The molecule has 0 bridgehead atoms. The monoisotopic (exact) mass is 456 g/mol. The second kappa shape index (κ2) is 8.95. The highest BCUT2D eigenvalue weighted by molar-refractivity contribution is 7.99. The number of ketones is 1. The number of halogens is 3. The van der Waals surface area contributed by atoms with Crippen LogP contribution in [0.2, 0.25) is 5.02 Å². The van der Waals surface area contributed by atoms with Gasteiger partial charge in [0, 0.05) is 28.5 Å². The zero-order valence-corrected chi connectivity index (χ0v) is 17.8. The molecule has 0 radical (unpaired) electrons. The third-order valence-electron chi connectivity index (χ3n) is 4.63. The van der Waals surface area contributed by atoms with Gasteiger partial charge in [0.15, 0.2) is 28.4 Å². The highest BCUT2D eigenvalue weighted by Crippen LogP contribution is 2.31. The molecule has 0 atom stereocenters. The van der Waals surface area contributed by atoms with Crippen LogP contribution in [0.4, 0.5) is 8.78 Å². The van der Waals surface area contributed by atoms with E-state index in [1.54, 1.807) is 30.6 Å². The molecule has 0 saturated heterocycles. The summed E-state index contributed by atoms with van der Waals surface area (Å²) in [5.41, 5.74) is 2.48. The van der Waals surface area contributed by atoms with Crippen LogP contribution in [0.15, 0.2) is 66.1 Å². The molecule has 4 aromatic rings. The summed E-state index contributed by atoms with van der Waals surface area (Å²) in [5.74, 6) is -1.88. The predicted octanol–water partition coefficient (Wildman–Crippen LogP) is 5.54. The van der Waals surface area contributed by atoms with Crippen molar-refractivity contribution in [1.82, 2.24) is 19.7 Å². The van der Waals surface area contributed by atoms with Gasteiger partial charge in [0.2, 0.25) is 0 Å². The topological polar surface area (TPSA) is 60.7 Å². The van der Waals surface area contributed by atoms with Crippen molar-refractivity contribution in [3.05, 3.63) is 88.7 Å². The molecule has 2 aromatic carbocycles. The van der Waals surface area contributed by atoms with E-state index in [4.69, 9.17) is 11.6 Å². The summed E-state index contributed by atoms with van der Waals surface area (Å²) in [7, 11) is 0. The van der Waals surface area contributed by atoms with Crippen LogP contribution in [0.25, 0.3) is 17.1 Å². The molecule has 5 nitrogen and oxygen atoms in total. The first kappa shape index (κ1) is 21.1. The molecular weight excluding hydrogens is 442 g/mol. The standard InChI is InChI=1S/C22H15ClF2N4OS/c1-13-16(23)3-2-4-19(13)29-21(14-7-9-26-10-8-14)27-28-22(29)31-12-20(30)15-5-6-17(24)18(25)11-15/h2-11H,12H2,1H3. The lowest BCUT2D eigenvalue weighted by Crippen LogP contribution is -2.06. The van der Waals surface area contributed by atoms with Crippen LogP contribution in [-0.4, -0.2) is 31.3 Å². The average Bonchev–Trinajstić information content (AvgIpc) is 3.20. The molecule has 9 heteroatoms. The number of thioether (sulfide) groups is 1. The molecule has 0 spiro atoms. The summed E-state index contributed by atoms with van der Waals surface area (Å²) in [4.78, 5) is 16.6. The van der Waals surface area contributed by atoms with E-state index in [0.717, 1.165) is 40.7 Å². The first-order valence-electron chi connectivity index (χ1n) is 9.18. The fourth-order valence-electron chi connectivity index (χ4n) is 2.99. The van der Waals surface area contributed by atoms with Gasteiger partial charge in [-0.15, -0.1) is 10.2 Å². The molecule has 0 amide bonds. The quantitative estimate of drug-likeness (QED) is 0.281. The van der Waals surface area contributed by atoms with Crippen LogP contribution >= 0.6 is 23.4 Å². The summed E-state index contributed by atoms with van der Waals surface area (Å²) in [6.45, 7) is 1.88. The summed E-state index contributed by atoms with van der Waals surface area (Å²) < 4.78 is 28.5. The van der Waals surface area contributed by atoms with Gasteiger partial charge in [-0.25, -0.2) is 8.78 Å². The Morgan fingerprint density at radius 2 is 1.84 bits per heavy atom. The van der Waals surface area contributed by atoms with Crippen molar-refractivity contribution in [2.75, 3.05) is 5.75 Å². The van der Waals surface area contributed by atoms with Crippen molar-refractivity contribution in [3.63, 3.8) is 0 Å². The highest BCUT2D eigenvalue weighted by Gasteiger charge is 2.20. The normalized spacial score (nSPS) is 11.0. The maximum atomic E-state index is 13.5. The van der Waals surface area contributed by atoms with Gasteiger partial charge in [-0.2, -0.15) is 0 Å². The summed E-state index contributed by atoms with van der Waals surface area (Å²) in [5, 5.41) is 9.62. The third-order valence-corrected chi connectivity index (χ3v) is 5.96. The molecule has 0 aliphatic heterocycles. The Balaban J connectivity index is 1.71. The van der Waals surface area contributed by atoms with Gasteiger partial charge < -0.3 is 0 Å². The molecule has 0 aliphatic carbocycles. The molecule has 0 N–H and O–H groups in total. The summed E-state index contributed by atoms with van der Waals surface area (Å²) in [6.07, 6.45) is 3.30. The van der Waals surface area contributed by atoms with Gasteiger partial charge >= 0.3 is 0 Å². The average molecular weight is 457 g/mol. The predicted molar refractivity (Wildman–Crippen MR) is 116 cm³/mol. The Kier molecular flexibility index (Phi) is 6.11. The molecular formula is C22H15ClF2N4OS. The Morgan fingerprint density at radius 1 is 1.06 bits per heavy atom. The number of nitrogens with zero attached hydrogens (tertiary/aromatic N) is 4. The number of aromatic nitrogens is 4. The first-order valence-corrected chi connectivity index (χ1v) is 10.5. The third kappa shape index (κ3) is 4.35. The largest absolute Gasteiger partial charge is 0.293 e. The molecule has 0 saturated carbocycles. The number of rotatable bonds is 6. The highest BCUT2D eigenvalue weighted by atomic mass is 35.5. The van der Waals surface area contributed by atoms with Gasteiger partial charge in [-0.05, 0) is 55.0 Å². The maximum absolute atomic E-state index is 13.5. The van der Waals surface area contributed by atoms with E-state index in [0.29, 0.717) is 16.0 Å². The van der Waals surface area contributed by atoms with E-state index >= 15 is 0 Å². The molecule has 31 heavy (non-hydrogen) atoms. The fraction of sp³-hybridized carbons (Fsp3) is 0.0909. The van der Waals surface area contributed by atoms with Crippen molar-refractivity contribution in [2.24, 2.45) is 0 Å². The van der Waals surface area contributed by atoms with E-state index in [1.807, 2.05) is 23.6 Å². The van der Waals surface area contributed by atoms with Crippen LogP contribution in [0.3, 0.4) is 0 Å². The molecule has 0 unspecified atom stereocenters. The van der Waals surface area contributed by atoms with Gasteiger partial charge in [0.1, 0.15) is 0 Å². The van der Waals surface area contributed by atoms with Gasteiger partial charge in [0.25, 0.3) is 0 Å². The summed E-state index contributed by atoms with van der Waals surface area (Å²) in [6, 6.07) is 12.2. The lowest BCUT2D eigenvalue weighted by molar-refractivity contribution is 0.102. The molecule has 2 aromatic heterocycles. The fourth-order valence-corrected chi connectivity index (χ4v) is 4.00. The van der Waals surface area contributed by atoms with Crippen LogP contribution < -0.4 is 0 Å². The van der Waals surface area contributed by atoms with Crippen molar-refractivity contribution in [2.45, 2.75) is 12.1 Å².